The van der Waals surface area contributed by atoms with Crippen molar-refractivity contribution in [2.75, 3.05) is 0 Å². The van der Waals surface area contributed by atoms with E-state index < -0.39 is 5.92 Å². The van der Waals surface area contributed by atoms with Crippen molar-refractivity contribution in [1.82, 2.24) is 0 Å². The molecule has 0 aliphatic heterocycles. The van der Waals surface area contributed by atoms with Crippen molar-refractivity contribution in [1.29, 1.82) is 0 Å². The van der Waals surface area contributed by atoms with Gasteiger partial charge in [-0.05, 0) is 36.2 Å². The average Bonchev–Trinajstić information content (AvgIpc) is 2.96. The van der Waals surface area contributed by atoms with Crippen molar-refractivity contribution in [3.63, 3.8) is 0 Å². The van der Waals surface area contributed by atoms with Gasteiger partial charge >= 0.3 is 5.97 Å². The highest BCUT2D eigenvalue weighted by Crippen LogP contribution is 2.43. The minimum absolute atomic E-state index is 0.0368. The summed E-state index contributed by atoms with van der Waals surface area (Å²) in [5.74, 6) is 0.000190. The fraction of sp³-hybridized carbons (Fsp3) is 0.652. The third-order valence-corrected chi connectivity index (χ3v) is 6.37. The van der Waals surface area contributed by atoms with E-state index in [9.17, 15) is 9.59 Å². The van der Waals surface area contributed by atoms with E-state index in [1.807, 2.05) is 30.3 Å². The molecule has 0 heterocycles. The number of esters is 1. The van der Waals surface area contributed by atoms with E-state index in [4.69, 9.17) is 4.74 Å². The van der Waals surface area contributed by atoms with Crippen LogP contribution in [0.25, 0.3) is 0 Å². The summed E-state index contributed by atoms with van der Waals surface area (Å²) in [4.78, 5) is 25.5. The number of Topliss-reactive ketones (excluding diaryl/α,β-unsaturated/α-hetero) is 1. The van der Waals surface area contributed by atoms with Gasteiger partial charge in [-0.2, -0.15) is 0 Å². The second kappa shape index (κ2) is 7.54. The van der Waals surface area contributed by atoms with Crippen molar-refractivity contribution in [3.8, 4) is 0 Å². The number of hydrogen-bond donors (Lipinski definition) is 0. The molecule has 2 aliphatic rings. The van der Waals surface area contributed by atoms with Crippen molar-refractivity contribution in [2.45, 2.75) is 71.8 Å². The summed E-state index contributed by atoms with van der Waals surface area (Å²) in [6, 6.07) is 9.94. The summed E-state index contributed by atoms with van der Waals surface area (Å²) in [6.07, 6.45) is 4.32. The molecule has 0 radical (unpaired) electrons. The van der Waals surface area contributed by atoms with E-state index in [-0.39, 0.29) is 29.2 Å². The van der Waals surface area contributed by atoms with Gasteiger partial charge in [0.2, 0.25) is 0 Å². The largest absolute Gasteiger partial charge is 0.461 e. The van der Waals surface area contributed by atoms with Gasteiger partial charge in [0.05, 0.1) is 0 Å². The Morgan fingerprint density at radius 2 is 1.77 bits per heavy atom. The molecule has 1 aromatic carbocycles. The molecule has 26 heavy (non-hydrogen) atoms. The topological polar surface area (TPSA) is 43.4 Å². The first-order valence-corrected chi connectivity index (χ1v) is 10.1. The first kappa shape index (κ1) is 19.1. The van der Waals surface area contributed by atoms with Crippen LogP contribution in [0.4, 0.5) is 0 Å². The van der Waals surface area contributed by atoms with E-state index >= 15 is 0 Å². The summed E-state index contributed by atoms with van der Waals surface area (Å²) < 4.78 is 6.05. The fourth-order valence-electron chi connectivity index (χ4n) is 4.87. The third kappa shape index (κ3) is 4.02. The van der Waals surface area contributed by atoms with Crippen LogP contribution in [-0.4, -0.2) is 17.9 Å². The Bertz CT molecular complexity index is 643. The molecule has 5 atom stereocenters. The number of ketones is 1. The van der Waals surface area contributed by atoms with Crippen LogP contribution in [0.1, 0.15) is 71.3 Å². The Kier molecular flexibility index (Phi) is 5.55. The molecule has 3 nitrogen and oxygen atoms in total. The predicted molar refractivity (Wildman–Crippen MR) is 103 cm³/mol. The Hall–Kier alpha value is -1.64. The van der Waals surface area contributed by atoms with Crippen molar-refractivity contribution in [3.05, 3.63) is 35.9 Å². The molecular weight excluding hydrogens is 324 g/mol. The molecule has 0 saturated heterocycles. The highest BCUT2D eigenvalue weighted by Gasteiger charge is 2.45. The lowest BCUT2D eigenvalue weighted by molar-refractivity contribution is -0.164. The van der Waals surface area contributed by atoms with Crippen LogP contribution in [0.5, 0.6) is 0 Å². The van der Waals surface area contributed by atoms with Crippen LogP contribution >= 0.6 is 0 Å². The summed E-state index contributed by atoms with van der Waals surface area (Å²) >= 11 is 0. The molecule has 142 valence electrons. The zero-order chi connectivity index (χ0) is 18.9. The van der Waals surface area contributed by atoms with Crippen LogP contribution in [0.3, 0.4) is 0 Å². The molecule has 0 spiro atoms. The van der Waals surface area contributed by atoms with Crippen LogP contribution in [-0.2, 0) is 14.3 Å². The fourth-order valence-corrected chi connectivity index (χ4v) is 4.87. The minimum Gasteiger partial charge on any atom is -0.461 e. The average molecular weight is 357 g/mol. The van der Waals surface area contributed by atoms with Crippen molar-refractivity contribution >= 4 is 11.8 Å². The van der Waals surface area contributed by atoms with Crippen molar-refractivity contribution < 1.29 is 14.3 Å². The van der Waals surface area contributed by atoms with Crippen LogP contribution in [0.15, 0.2) is 30.3 Å². The molecule has 0 bridgehead atoms. The predicted octanol–water partition coefficient (Wildman–Crippen LogP) is 5.14. The Morgan fingerprint density at radius 3 is 2.42 bits per heavy atom. The Morgan fingerprint density at radius 1 is 1.08 bits per heavy atom. The number of rotatable bonds is 3. The van der Waals surface area contributed by atoms with Gasteiger partial charge in [-0.1, -0.05) is 64.4 Å². The maximum atomic E-state index is 13.0. The van der Waals surface area contributed by atoms with Gasteiger partial charge in [0.1, 0.15) is 17.8 Å². The summed E-state index contributed by atoms with van der Waals surface area (Å²) in [5, 5.41) is 0. The van der Waals surface area contributed by atoms with Gasteiger partial charge in [-0.15, -0.1) is 0 Å². The van der Waals surface area contributed by atoms with Gasteiger partial charge in [-0.3, -0.25) is 9.59 Å². The standard InChI is InChI=1S/C23H32O3/c1-15-10-12-18(23(2,3)4)20(14-15)26-22(25)21-17(11-13-19(21)24)16-8-6-5-7-9-16/h5-9,15,17-18,20-21H,10-14H2,1-4H3/t15-,17-,18-,20+,21?/m1/s1. The Balaban J connectivity index is 1.77. The maximum absolute atomic E-state index is 13.0. The summed E-state index contributed by atoms with van der Waals surface area (Å²) in [6.45, 7) is 8.90. The second-order valence-corrected chi connectivity index (χ2v) is 9.37. The number of carbonyl (C=O) groups excluding carboxylic acids is 2. The van der Waals surface area contributed by atoms with E-state index in [1.54, 1.807) is 0 Å². The molecule has 2 fully saturated rings. The monoisotopic (exact) mass is 356 g/mol. The maximum Gasteiger partial charge on any atom is 0.317 e. The van der Waals surface area contributed by atoms with E-state index in [0.717, 1.165) is 24.8 Å². The van der Waals surface area contributed by atoms with Crippen LogP contribution in [0.2, 0.25) is 0 Å². The minimum atomic E-state index is -0.629. The lowest BCUT2D eigenvalue weighted by atomic mass is 9.68. The van der Waals surface area contributed by atoms with Gasteiger partial charge < -0.3 is 4.74 Å². The zero-order valence-corrected chi connectivity index (χ0v) is 16.5. The van der Waals surface area contributed by atoms with Crippen molar-refractivity contribution in [2.24, 2.45) is 23.2 Å². The quantitative estimate of drug-likeness (QED) is 0.556. The lowest BCUT2D eigenvalue weighted by Gasteiger charge is -2.42. The van der Waals surface area contributed by atoms with Gasteiger partial charge in [0, 0.05) is 18.3 Å². The molecule has 2 aliphatic carbocycles. The zero-order valence-electron chi connectivity index (χ0n) is 16.5. The molecule has 2 saturated carbocycles. The molecule has 3 heteroatoms. The molecular formula is C23H32O3. The molecule has 0 amide bonds. The SMILES string of the molecule is C[C@@H]1CC[C@@H](C(C)(C)C)[C@@H](OC(=O)C2C(=O)CC[C@@H]2c2ccccc2)C1. The van der Waals surface area contributed by atoms with Gasteiger partial charge in [0.15, 0.2) is 0 Å². The summed E-state index contributed by atoms with van der Waals surface area (Å²) in [7, 11) is 0. The highest BCUT2D eigenvalue weighted by molar-refractivity contribution is 6.01. The molecule has 0 N–H and O–H groups in total. The van der Waals surface area contributed by atoms with Crippen LogP contribution in [0, 0.1) is 23.2 Å². The van der Waals surface area contributed by atoms with E-state index in [0.29, 0.717) is 18.3 Å². The Labute approximate surface area is 157 Å². The van der Waals surface area contributed by atoms with Gasteiger partial charge in [0.25, 0.3) is 0 Å². The van der Waals surface area contributed by atoms with Gasteiger partial charge in [-0.25, -0.2) is 0 Å². The first-order chi connectivity index (χ1) is 12.3. The summed E-state index contributed by atoms with van der Waals surface area (Å²) in [5.41, 5.74) is 1.17. The number of hydrogen-bond acceptors (Lipinski definition) is 3. The highest BCUT2D eigenvalue weighted by atomic mass is 16.5. The molecule has 3 rings (SSSR count). The first-order valence-electron chi connectivity index (χ1n) is 10.1. The van der Waals surface area contributed by atoms with E-state index in [1.165, 1.54) is 6.42 Å². The third-order valence-electron chi connectivity index (χ3n) is 6.37. The normalized spacial score (nSPS) is 32.5. The molecule has 1 unspecified atom stereocenters. The number of benzene rings is 1. The molecule has 1 aromatic rings. The number of carbonyl (C=O) groups is 2. The molecule has 0 aromatic heterocycles. The smallest absolute Gasteiger partial charge is 0.317 e. The number of ether oxygens (including phenoxy) is 1. The van der Waals surface area contributed by atoms with E-state index in [2.05, 4.69) is 27.7 Å². The van der Waals surface area contributed by atoms with Crippen LogP contribution < -0.4 is 0 Å². The lowest BCUT2D eigenvalue weighted by Crippen LogP contribution is -2.42. The second-order valence-electron chi connectivity index (χ2n) is 9.37.